The zero-order valence-electron chi connectivity index (χ0n) is 16.7. The summed E-state index contributed by atoms with van der Waals surface area (Å²) in [6.45, 7) is -0.00882. The highest BCUT2D eigenvalue weighted by atomic mass is 35.5. The van der Waals surface area contributed by atoms with Crippen LogP contribution in [0.2, 0.25) is 5.02 Å². The Morgan fingerprint density at radius 2 is 1.84 bits per heavy atom. The lowest BCUT2D eigenvalue weighted by molar-refractivity contribution is -0.385. The number of benzene rings is 2. The van der Waals surface area contributed by atoms with Crippen LogP contribution in [0.25, 0.3) is 11.8 Å². The van der Waals surface area contributed by atoms with Gasteiger partial charge in [-0.1, -0.05) is 11.6 Å². The van der Waals surface area contributed by atoms with Crippen molar-refractivity contribution < 1.29 is 18.9 Å². The second-order valence-corrected chi connectivity index (χ2v) is 7.23. The topological polar surface area (TPSA) is 87.5 Å². The summed E-state index contributed by atoms with van der Waals surface area (Å²) < 4.78 is 13.1. The molecule has 2 aromatic carbocycles. The Morgan fingerprint density at radius 1 is 1.09 bits per heavy atom. The number of allylic oxidation sites excluding steroid dienone is 1. The van der Waals surface area contributed by atoms with E-state index in [2.05, 4.69) is 0 Å². The van der Waals surface area contributed by atoms with Crippen molar-refractivity contribution in [2.45, 2.75) is 6.61 Å². The zero-order chi connectivity index (χ0) is 22.5. The largest absolute Gasteiger partial charge is 0.479 e. The van der Waals surface area contributed by atoms with Crippen LogP contribution in [-0.4, -0.2) is 15.3 Å². The Morgan fingerprint density at radius 3 is 2.56 bits per heavy atom. The lowest BCUT2D eigenvalue weighted by Crippen LogP contribution is -1.98. The maximum Gasteiger partial charge on any atom is 0.312 e. The van der Waals surface area contributed by atoms with E-state index in [0.717, 1.165) is 5.69 Å². The molecule has 7 nitrogen and oxygen atoms in total. The molecule has 0 aliphatic heterocycles. The summed E-state index contributed by atoms with van der Waals surface area (Å²) in [5.74, 6) is 0.852. The van der Waals surface area contributed by atoms with E-state index in [9.17, 15) is 14.9 Å². The molecule has 0 unspecified atom stereocenters. The molecule has 0 fully saturated rings. The molecular weight excluding hydrogens is 432 g/mol. The minimum Gasteiger partial charge on any atom is -0.479 e. The number of hydrogen-bond acceptors (Lipinski definition) is 5. The summed E-state index contributed by atoms with van der Waals surface area (Å²) in [4.78, 5) is 23.0. The molecule has 0 saturated heterocycles. The van der Waals surface area contributed by atoms with Gasteiger partial charge < -0.3 is 13.7 Å². The summed E-state index contributed by atoms with van der Waals surface area (Å²) in [6.07, 6.45) is 6.86. The third-order valence-corrected chi connectivity index (χ3v) is 4.86. The van der Waals surface area contributed by atoms with E-state index in [1.165, 1.54) is 24.3 Å². The number of nitro groups is 1. The number of furan rings is 1. The third-order valence-electron chi connectivity index (χ3n) is 4.62. The van der Waals surface area contributed by atoms with E-state index in [0.29, 0.717) is 17.1 Å². The molecule has 0 radical (unpaired) electrons. The number of carbonyl (C=O) groups is 1. The third kappa shape index (κ3) is 4.96. The highest BCUT2D eigenvalue weighted by molar-refractivity contribution is 6.30. The maximum atomic E-state index is 12.4. The number of ketones is 1. The van der Waals surface area contributed by atoms with E-state index >= 15 is 0 Å². The Hall–Kier alpha value is -4.10. The molecule has 4 rings (SSSR count). The molecule has 0 atom stereocenters. The molecule has 160 valence electrons. The number of hydrogen-bond donors (Lipinski definition) is 0. The molecule has 2 aromatic heterocycles. The van der Waals surface area contributed by atoms with Crippen LogP contribution in [0.4, 0.5) is 5.69 Å². The fourth-order valence-corrected chi connectivity index (χ4v) is 3.19. The van der Waals surface area contributed by atoms with Gasteiger partial charge in [-0.15, -0.1) is 0 Å². The molecule has 32 heavy (non-hydrogen) atoms. The first-order valence-electron chi connectivity index (χ1n) is 9.61. The van der Waals surface area contributed by atoms with Gasteiger partial charge >= 0.3 is 5.69 Å². The summed E-state index contributed by atoms with van der Waals surface area (Å²) in [6, 6.07) is 18.7. The first-order valence-corrected chi connectivity index (χ1v) is 9.99. The number of carbonyl (C=O) groups excluding carboxylic acids is 1. The fraction of sp³-hybridized carbons (Fsp3) is 0.0417. The Kier molecular flexibility index (Phi) is 6.19. The molecule has 2 heterocycles. The van der Waals surface area contributed by atoms with Crippen LogP contribution in [0, 0.1) is 10.1 Å². The normalized spacial score (nSPS) is 11.0. The number of halogens is 1. The molecule has 0 amide bonds. The van der Waals surface area contributed by atoms with Crippen LogP contribution in [0.15, 0.2) is 89.6 Å². The van der Waals surface area contributed by atoms with Gasteiger partial charge in [0.2, 0.25) is 0 Å². The SMILES string of the molecule is O=C(/C=C/c1ccc(COc2ccc(Cl)cc2[N+](=O)[O-])o1)c1ccc(-n2cccc2)cc1. The van der Waals surface area contributed by atoms with Gasteiger partial charge in [-0.3, -0.25) is 14.9 Å². The van der Waals surface area contributed by atoms with Crippen molar-refractivity contribution in [3.05, 3.63) is 117 Å². The van der Waals surface area contributed by atoms with Crippen LogP contribution in [0.3, 0.4) is 0 Å². The minimum atomic E-state index is -0.561. The van der Waals surface area contributed by atoms with E-state index in [-0.39, 0.29) is 28.8 Å². The standard InChI is InChI=1S/C24H17ClN2O5/c25-18-5-12-24(22(15-18)27(29)30)31-16-21-9-8-20(32-21)10-11-23(28)17-3-6-19(7-4-17)26-13-1-2-14-26/h1-15H,16H2/b11-10+. The van der Waals surface area contributed by atoms with Crippen LogP contribution in [0.5, 0.6) is 5.75 Å². The number of nitrogens with zero attached hydrogens (tertiary/aromatic N) is 2. The first kappa shape index (κ1) is 21.1. The summed E-state index contributed by atoms with van der Waals surface area (Å²) >= 11 is 5.80. The van der Waals surface area contributed by atoms with Gasteiger partial charge in [-0.05, 0) is 72.8 Å². The van der Waals surface area contributed by atoms with Crippen LogP contribution in [-0.2, 0) is 6.61 Å². The van der Waals surface area contributed by atoms with Gasteiger partial charge in [0.25, 0.3) is 0 Å². The monoisotopic (exact) mass is 448 g/mol. The molecule has 4 aromatic rings. The number of ether oxygens (including phenoxy) is 1. The van der Waals surface area contributed by atoms with Crippen molar-refractivity contribution in [3.8, 4) is 11.4 Å². The van der Waals surface area contributed by atoms with Crippen molar-refractivity contribution in [2.75, 3.05) is 0 Å². The van der Waals surface area contributed by atoms with E-state index < -0.39 is 4.92 Å². The highest BCUT2D eigenvalue weighted by Gasteiger charge is 2.16. The van der Waals surface area contributed by atoms with Crippen LogP contribution >= 0.6 is 11.6 Å². The predicted octanol–water partition coefficient (Wildman–Crippen LogP) is 6.11. The molecule has 0 aliphatic rings. The van der Waals surface area contributed by atoms with Gasteiger partial charge in [-0.2, -0.15) is 0 Å². The predicted molar refractivity (Wildman–Crippen MR) is 120 cm³/mol. The van der Waals surface area contributed by atoms with Crippen molar-refractivity contribution in [3.63, 3.8) is 0 Å². The van der Waals surface area contributed by atoms with Gasteiger partial charge in [0.1, 0.15) is 18.1 Å². The fourth-order valence-electron chi connectivity index (χ4n) is 3.02. The molecule has 0 saturated carbocycles. The summed E-state index contributed by atoms with van der Waals surface area (Å²) in [7, 11) is 0. The van der Waals surface area contributed by atoms with Gasteiger partial charge in [0, 0.05) is 34.7 Å². The smallest absolute Gasteiger partial charge is 0.312 e. The van der Waals surface area contributed by atoms with Crippen molar-refractivity contribution >= 4 is 29.1 Å². The number of nitro benzene ring substituents is 1. The van der Waals surface area contributed by atoms with E-state index in [1.54, 1.807) is 30.3 Å². The Bertz CT molecular complexity index is 1270. The van der Waals surface area contributed by atoms with Crippen LogP contribution in [0.1, 0.15) is 21.9 Å². The average molecular weight is 449 g/mol. The maximum absolute atomic E-state index is 12.4. The molecule has 0 spiro atoms. The van der Waals surface area contributed by atoms with Gasteiger partial charge in [-0.25, -0.2) is 0 Å². The molecule has 8 heteroatoms. The van der Waals surface area contributed by atoms with E-state index in [1.807, 2.05) is 41.2 Å². The summed E-state index contributed by atoms with van der Waals surface area (Å²) in [5.41, 5.74) is 1.30. The number of aromatic nitrogens is 1. The van der Waals surface area contributed by atoms with E-state index in [4.69, 9.17) is 20.8 Å². The molecule has 0 bridgehead atoms. The lowest BCUT2D eigenvalue weighted by Gasteiger charge is -2.05. The second-order valence-electron chi connectivity index (χ2n) is 6.80. The average Bonchev–Trinajstić information content (AvgIpc) is 3.49. The molecule has 0 N–H and O–H groups in total. The molecular formula is C24H17ClN2O5. The Labute approximate surface area is 188 Å². The van der Waals surface area contributed by atoms with Gasteiger partial charge in [0.05, 0.1) is 4.92 Å². The molecule has 0 aliphatic carbocycles. The van der Waals surface area contributed by atoms with Crippen molar-refractivity contribution in [1.29, 1.82) is 0 Å². The summed E-state index contributed by atoms with van der Waals surface area (Å²) in [5, 5.41) is 11.4. The van der Waals surface area contributed by atoms with Crippen molar-refractivity contribution in [1.82, 2.24) is 4.57 Å². The van der Waals surface area contributed by atoms with Gasteiger partial charge in [0.15, 0.2) is 11.5 Å². The van der Waals surface area contributed by atoms with Crippen molar-refractivity contribution in [2.24, 2.45) is 0 Å². The minimum absolute atomic E-state index is 0.00882. The second kappa shape index (κ2) is 9.36. The Balaban J connectivity index is 1.38. The zero-order valence-corrected chi connectivity index (χ0v) is 17.4. The first-order chi connectivity index (χ1) is 15.5. The number of rotatable bonds is 8. The lowest BCUT2D eigenvalue weighted by atomic mass is 10.1. The highest BCUT2D eigenvalue weighted by Crippen LogP contribution is 2.30. The van der Waals surface area contributed by atoms with Crippen LogP contribution < -0.4 is 4.74 Å². The quantitative estimate of drug-likeness (QED) is 0.140.